The maximum absolute atomic E-state index is 5.34. The van der Waals surface area contributed by atoms with E-state index in [1.807, 2.05) is 54.1 Å². The van der Waals surface area contributed by atoms with Crippen LogP contribution in [0.1, 0.15) is 0 Å². The lowest BCUT2D eigenvalue weighted by Gasteiger charge is -2.03. The van der Waals surface area contributed by atoms with Crippen molar-refractivity contribution in [2.75, 3.05) is 0 Å². The quantitative estimate of drug-likeness (QED) is 0.500. The van der Waals surface area contributed by atoms with Crippen LogP contribution in [0.25, 0.3) is 39.8 Å². The number of aromatic nitrogens is 7. The van der Waals surface area contributed by atoms with Crippen LogP contribution in [0, 0.1) is 0 Å². The second kappa shape index (κ2) is 5.62. The Balaban J connectivity index is 1.49. The van der Waals surface area contributed by atoms with Gasteiger partial charge in [-0.05, 0) is 30.3 Å². The number of imidazole rings is 1. The average Bonchev–Trinajstić information content (AvgIpc) is 3.41. The Morgan fingerprint density at radius 2 is 1.92 bits per heavy atom. The molecule has 0 aliphatic carbocycles. The Bertz CT molecular complexity index is 1200. The number of hydrogen-bond acceptors (Lipinski definition) is 6. The first kappa shape index (κ1) is 14.5. The van der Waals surface area contributed by atoms with E-state index >= 15 is 0 Å². The molecule has 4 aromatic heterocycles. The third-order valence-corrected chi connectivity index (χ3v) is 4.17. The molecule has 0 fully saturated rings. The summed E-state index contributed by atoms with van der Waals surface area (Å²) in [5.74, 6) is 1.68. The summed E-state index contributed by atoms with van der Waals surface area (Å²) in [7, 11) is 1.82. The highest BCUT2D eigenvalue weighted by Crippen LogP contribution is 2.22. The van der Waals surface area contributed by atoms with Crippen LogP contribution in [0.5, 0.6) is 0 Å². The van der Waals surface area contributed by atoms with Crippen molar-refractivity contribution < 1.29 is 4.52 Å². The second-order valence-electron chi connectivity index (χ2n) is 5.77. The molecule has 5 aromatic rings. The van der Waals surface area contributed by atoms with Gasteiger partial charge in [0.2, 0.25) is 5.82 Å². The second-order valence-corrected chi connectivity index (χ2v) is 5.77. The van der Waals surface area contributed by atoms with Crippen LogP contribution in [0.2, 0.25) is 0 Å². The minimum absolute atomic E-state index is 0.421. The van der Waals surface area contributed by atoms with E-state index in [4.69, 9.17) is 4.52 Å². The molecule has 5 rings (SSSR count). The van der Waals surface area contributed by atoms with E-state index in [0.717, 1.165) is 28.1 Å². The van der Waals surface area contributed by atoms with Gasteiger partial charge in [-0.1, -0.05) is 17.3 Å². The van der Waals surface area contributed by atoms with Gasteiger partial charge < -0.3 is 4.52 Å². The molecular weight excluding hydrogens is 330 g/mol. The van der Waals surface area contributed by atoms with Gasteiger partial charge >= 0.3 is 0 Å². The Morgan fingerprint density at radius 1 is 1.00 bits per heavy atom. The molecule has 126 valence electrons. The Kier molecular flexibility index (Phi) is 3.14. The summed E-state index contributed by atoms with van der Waals surface area (Å²) >= 11 is 0. The summed E-state index contributed by atoms with van der Waals surface area (Å²) < 4.78 is 8.96. The number of pyridine rings is 1. The molecule has 4 heterocycles. The van der Waals surface area contributed by atoms with Crippen molar-refractivity contribution in [1.29, 1.82) is 0 Å². The molecule has 0 saturated carbocycles. The predicted molar refractivity (Wildman–Crippen MR) is 94.4 cm³/mol. The molecule has 8 heteroatoms. The monoisotopic (exact) mass is 343 g/mol. The highest BCUT2D eigenvalue weighted by Gasteiger charge is 2.14. The molecule has 0 radical (unpaired) electrons. The lowest BCUT2D eigenvalue weighted by Crippen LogP contribution is -1.96. The lowest BCUT2D eigenvalue weighted by atomic mass is 10.2. The van der Waals surface area contributed by atoms with Gasteiger partial charge in [0.15, 0.2) is 0 Å². The van der Waals surface area contributed by atoms with E-state index in [-0.39, 0.29) is 0 Å². The van der Waals surface area contributed by atoms with Gasteiger partial charge in [0, 0.05) is 25.0 Å². The van der Waals surface area contributed by atoms with Gasteiger partial charge in [-0.2, -0.15) is 10.1 Å². The van der Waals surface area contributed by atoms with Crippen LogP contribution in [0.4, 0.5) is 0 Å². The zero-order valence-corrected chi connectivity index (χ0v) is 13.8. The van der Waals surface area contributed by atoms with Crippen molar-refractivity contribution in [3.63, 3.8) is 0 Å². The van der Waals surface area contributed by atoms with E-state index in [1.54, 1.807) is 23.4 Å². The van der Waals surface area contributed by atoms with Crippen molar-refractivity contribution in [2.45, 2.75) is 0 Å². The number of para-hydroxylation sites is 2. The van der Waals surface area contributed by atoms with Crippen molar-refractivity contribution in [2.24, 2.45) is 7.05 Å². The van der Waals surface area contributed by atoms with Crippen LogP contribution in [0.3, 0.4) is 0 Å². The van der Waals surface area contributed by atoms with E-state index in [2.05, 4.69) is 25.2 Å². The SMILES string of the molecule is Cn1nccc1-c1nc(-c2ccc(-n3cnc4ccccc43)nc2)no1. The Hall–Kier alpha value is -3.81. The number of hydrogen-bond donors (Lipinski definition) is 0. The van der Waals surface area contributed by atoms with Crippen molar-refractivity contribution >= 4 is 11.0 Å². The fourth-order valence-corrected chi connectivity index (χ4v) is 2.83. The average molecular weight is 343 g/mol. The number of rotatable bonds is 3. The summed E-state index contributed by atoms with van der Waals surface area (Å²) in [5, 5.41) is 8.15. The first-order valence-electron chi connectivity index (χ1n) is 8.00. The fraction of sp³-hybridized carbons (Fsp3) is 0.0556. The van der Waals surface area contributed by atoms with Gasteiger partial charge in [-0.25, -0.2) is 9.97 Å². The summed E-state index contributed by atoms with van der Waals surface area (Å²) in [5.41, 5.74) is 3.47. The van der Waals surface area contributed by atoms with Crippen LogP contribution in [-0.4, -0.2) is 34.5 Å². The van der Waals surface area contributed by atoms with Crippen LogP contribution in [0.15, 0.2) is 65.7 Å². The number of nitrogens with zero attached hydrogens (tertiary/aromatic N) is 7. The molecule has 8 nitrogen and oxygen atoms in total. The highest BCUT2D eigenvalue weighted by molar-refractivity contribution is 5.76. The van der Waals surface area contributed by atoms with E-state index < -0.39 is 0 Å². The minimum Gasteiger partial charge on any atom is -0.332 e. The van der Waals surface area contributed by atoms with Crippen molar-refractivity contribution in [1.82, 2.24) is 34.5 Å². The molecule has 0 aliphatic heterocycles. The maximum atomic E-state index is 5.34. The van der Waals surface area contributed by atoms with Crippen molar-refractivity contribution in [3.05, 3.63) is 61.2 Å². The first-order valence-corrected chi connectivity index (χ1v) is 8.00. The van der Waals surface area contributed by atoms with Gasteiger partial charge in [0.05, 0.1) is 11.0 Å². The topological polar surface area (TPSA) is 87.5 Å². The van der Waals surface area contributed by atoms with Crippen molar-refractivity contribution in [3.8, 4) is 28.8 Å². The molecule has 26 heavy (non-hydrogen) atoms. The van der Waals surface area contributed by atoms with Crippen LogP contribution < -0.4 is 0 Å². The van der Waals surface area contributed by atoms with Gasteiger partial charge in [-0.15, -0.1) is 0 Å². The summed E-state index contributed by atoms with van der Waals surface area (Å²) in [6, 6.07) is 13.6. The Morgan fingerprint density at radius 3 is 2.73 bits per heavy atom. The molecule has 0 N–H and O–H groups in total. The molecule has 1 aromatic carbocycles. The van der Waals surface area contributed by atoms with Gasteiger partial charge in [-0.3, -0.25) is 9.25 Å². The summed E-state index contributed by atoms with van der Waals surface area (Å²) in [4.78, 5) is 13.3. The number of aryl methyl sites for hydroxylation is 1. The normalized spacial score (nSPS) is 11.3. The standard InChI is InChI=1S/C18H13N7O/c1-24-15(8-9-21-24)18-22-17(23-26-18)12-6-7-16(19-10-12)25-11-20-13-4-2-3-5-14(13)25/h2-11H,1H3. The first-order chi connectivity index (χ1) is 12.8. The maximum Gasteiger partial charge on any atom is 0.276 e. The number of fused-ring (bicyclic) bond motifs is 1. The lowest BCUT2D eigenvalue weighted by molar-refractivity contribution is 0.428. The molecule has 0 spiro atoms. The van der Waals surface area contributed by atoms with Crippen LogP contribution in [-0.2, 0) is 7.05 Å². The van der Waals surface area contributed by atoms with E-state index in [9.17, 15) is 0 Å². The highest BCUT2D eigenvalue weighted by atomic mass is 16.5. The molecule has 0 atom stereocenters. The molecule has 0 saturated heterocycles. The van der Waals surface area contributed by atoms with Gasteiger partial charge in [0.1, 0.15) is 17.8 Å². The van der Waals surface area contributed by atoms with Crippen LogP contribution >= 0.6 is 0 Å². The largest absolute Gasteiger partial charge is 0.332 e. The predicted octanol–water partition coefficient (Wildman–Crippen LogP) is 2.87. The zero-order chi connectivity index (χ0) is 17.5. The summed E-state index contributed by atoms with van der Waals surface area (Å²) in [6.45, 7) is 0. The third-order valence-electron chi connectivity index (χ3n) is 4.17. The van der Waals surface area contributed by atoms with E-state index in [0.29, 0.717) is 11.7 Å². The molecular formula is C18H13N7O. The van der Waals surface area contributed by atoms with E-state index in [1.165, 1.54) is 0 Å². The fourth-order valence-electron chi connectivity index (χ4n) is 2.83. The minimum atomic E-state index is 0.421. The Labute approximate surface area is 147 Å². The molecule has 0 aliphatic rings. The molecule has 0 unspecified atom stereocenters. The zero-order valence-electron chi connectivity index (χ0n) is 13.8. The molecule has 0 amide bonds. The van der Waals surface area contributed by atoms with Gasteiger partial charge in [0.25, 0.3) is 5.89 Å². The smallest absolute Gasteiger partial charge is 0.276 e. The summed E-state index contributed by atoms with van der Waals surface area (Å²) in [6.07, 6.45) is 5.18. The third kappa shape index (κ3) is 2.27. The molecule has 0 bridgehead atoms. The number of benzene rings is 1.